The van der Waals surface area contributed by atoms with E-state index in [0.717, 1.165) is 22.0 Å². The zero-order valence-corrected chi connectivity index (χ0v) is 15.1. The number of hydrogen-bond donors (Lipinski definition) is 4. The van der Waals surface area contributed by atoms with Gasteiger partial charge in [0.25, 0.3) is 0 Å². The molecule has 0 fully saturated rings. The van der Waals surface area contributed by atoms with Crippen LogP contribution >= 0.6 is 0 Å². The lowest BCUT2D eigenvalue weighted by atomic mass is 10.0. The fourth-order valence-electron chi connectivity index (χ4n) is 2.86. The highest BCUT2D eigenvalue weighted by Crippen LogP contribution is 2.19. The van der Waals surface area contributed by atoms with Gasteiger partial charge in [0, 0.05) is 35.6 Å². The summed E-state index contributed by atoms with van der Waals surface area (Å²) in [6, 6.07) is 16.3. The van der Waals surface area contributed by atoms with Gasteiger partial charge < -0.3 is 20.5 Å². The number of aliphatic hydroxyl groups is 1. The van der Waals surface area contributed by atoms with Crippen LogP contribution < -0.4 is 5.32 Å². The number of carbonyl (C=O) groups is 1. The summed E-state index contributed by atoms with van der Waals surface area (Å²) in [5.41, 5.74) is 1.34. The van der Waals surface area contributed by atoms with Crippen molar-refractivity contribution >= 4 is 16.9 Å². The summed E-state index contributed by atoms with van der Waals surface area (Å²) < 4.78 is 0. The van der Waals surface area contributed by atoms with Crippen LogP contribution in [0.15, 0.2) is 60.8 Å². The summed E-state index contributed by atoms with van der Waals surface area (Å²) in [7, 11) is 0. The van der Waals surface area contributed by atoms with Crippen LogP contribution in [-0.2, 0) is 11.2 Å². The van der Waals surface area contributed by atoms with Crippen molar-refractivity contribution in [1.29, 1.82) is 0 Å². The predicted octanol–water partition coefficient (Wildman–Crippen LogP) is 2.56. The molecule has 0 bridgehead atoms. The van der Waals surface area contributed by atoms with E-state index >= 15 is 0 Å². The summed E-state index contributed by atoms with van der Waals surface area (Å²) in [5.74, 6) is 4.75. The highest BCUT2D eigenvalue weighted by molar-refractivity contribution is 5.84. The molecule has 0 spiro atoms. The van der Waals surface area contributed by atoms with Gasteiger partial charge in [-0.2, -0.15) is 0 Å². The number of H-pyrrole nitrogens is 1. The van der Waals surface area contributed by atoms with E-state index in [4.69, 9.17) is 0 Å². The van der Waals surface area contributed by atoms with Gasteiger partial charge in [-0.05, 0) is 30.7 Å². The number of carboxylic acid groups (broad SMARTS) is 1. The first-order valence-corrected chi connectivity index (χ1v) is 8.76. The molecule has 0 saturated heterocycles. The minimum absolute atomic E-state index is 0.0478. The van der Waals surface area contributed by atoms with Gasteiger partial charge in [-0.1, -0.05) is 48.2 Å². The number of rotatable bonds is 6. The van der Waals surface area contributed by atoms with E-state index in [1.54, 1.807) is 6.92 Å². The minimum atomic E-state index is -1.34. The van der Waals surface area contributed by atoms with Crippen LogP contribution in [-0.4, -0.2) is 39.4 Å². The van der Waals surface area contributed by atoms with Crippen LogP contribution in [0.25, 0.3) is 10.9 Å². The van der Waals surface area contributed by atoms with Crippen molar-refractivity contribution in [3.8, 4) is 11.8 Å². The largest absolute Gasteiger partial charge is 0.480 e. The fraction of sp³-hybridized carbons (Fsp3) is 0.227. The summed E-state index contributed by atoms with van der Waals surface area (Å²) in [6.45, 7) is 1.62. The second kappa shape index (κ2) is 8.09. The molecule has 0 aliphatic rings. The van der Waals surface area contributed by atoms with Crippen molar-refractivity contribution in [3.05, 3.63) is 71.9 Å². The van der Waals surface area contributed by atoms with Crippen molar-refractivity contribution in [3.63, 3.8) is 0 Å². The summed E-state index contributed by atoms with van der Waals surface area (Å²) >= 11 is 0. The number of nitrogens with one attached hydrogen (secondary N) is 2. The van der Waals surface area contributed by atoms with Gasteiger partial charge in [-0.15, -0.1) is 0 Å². The molecule has 0 radical (unpaired) electrons. The number of aliphatic carboxylic acids is 1. The SMILES string of the molecule is C[C@](O)(C#Cc1ccccc1)CN[C@@H](Cc1c[nH]c2ccccc12)C(=O)O. The van der Waals surface area contributed by atoms with E-state index in [0.29, 0.717) is 6.42 Å². The molecule has 3 aromatic rings. The second-order valence-corrected chi connectivity index (χ2v) is 6.73. The number of para-hydroxylation sites is 1. The van der Waals surface area contributed by atoms with Crippen molar-refractivity contribution in [1.82, 2.24) is 10.3 Å². The van der Waals surface area contributed by atoms with Crippen LogP contribution in [0.4, 0.5) is 0 Å². The molecule has 1 heterocycles. The molecule has 0 unspecified atom stereocenters. The maximum atomic E-state index is 11.7. The number of carboxylic acids is 1. The smallest absolute Gasteiger partial charge is 0.321 e. The zero-order valence-electron chi connectivity index (χ0n) is 15.1. The molecule has 5 heteroatoms. The third-order valence-electron chi connectivity index (χ3n) is 4.34. The van der Waals surface area contributed by atoms with Crippen molar-refractivity contribution in [2.24, 2.45) is 0 Å². The van der Waals surface area contributed by atoms with Gasteiger partial charge >= 0.3 is 5.97 Å². The van der Waals surface area contributed by atoms with Crippen LogP contribution in [0.2, 0.25) is 0 Å². The third kappa shape index (κ3) is 4.98. The summed E-state index contributed by atoms with van der Waals surface area (Å²) in [6.07, 6.45) is 2.14. The van der Waals surface area contributed by atoms with E-state index in [-0.39, 0.29) is 6.54 Å². The Hall–Kier alpha value is -3.07. The van der Waals surface area contributed by atoms with Gasteiger partial charge in [0.15, 0.2) is 0 Å². The second-order valence-electron chi connectivity index (χ2n) is 6.73. The zero-order chi connectivity index (χ0) is 19.3. The molecule has 0 amide bonds. The highest BCUT2D eigenvalue weighted by atomic mass is 16.4. The summed E-state index contributed by atoms with van der Waals surface area (Å²) in [4.78, 5) is 14.8. The standard InChI is InChI=1S/C22H22N2O3/c1-22(27,12-11-16-7-3-2-4-8-16)15-24-20(21(25)26)13-17-14-23-19-10-6-5-9-18(17)19/h2-10,14,20,23-24,27H,13,15H2,1H3,(H,25,26)/t20-,22-/m0/s1. The Morgan fingerprint density at radius 2 is 1.89 bits per heavy atom. The van der Waals surface area contributed by atoms with E-state index in [9.17, 15) is 15.0 Å². The number of aromatic nitrogens is 1. The molecule has 0 saturated carbocycles. The molecule has 0 aliphatic heterocycles. The summed E-state index contributed by atoms with van der Waals surface area (Å²) in [5, 5.41) is 24.0. The molecule has 2 atom stereocenters. The van der Waals surface area contributed by atoms with E-state index in [1.807, 2.05) is 60.8 Å². The monoisotopic (exact) mass is 362 g/mol. The third-order valence-corrected chi connectivity index (χ3v) is 4.34. The predicted molar refractivity (Wildman–Crippen MR) is 105 cm³/mol. The Bertz CT molecular complexity index is 981. The quantitative estimate of drug-likeness (QED) is 0.508. The van der Waals surface area contributed by atoms with Gasteiger partial charge in [0.1, 0.15) is 11.6 Å². The topological polar surface area (TPSA) is 85.4 Å². The Morgan fingerprint density at radius 3 is 2.63 bits per heavy atom. The Balaban J connectivity index is 1.68. The van der Waals surface area contributed by atoms with Crippen molar-refractivity contribution in [2.75, 3.05) is 6.54 Å². The number of benzene rings is 2. The normalized spacial score (nSPS) is 14.1. The Morgan fingerprint density at radius 1 is 1.19 bits per heavy atom. The molecule has 27 heavy (non-hydrogen) atoms. The lowest BCUT2D eigenvalue weighted by Crippen LogP contribution is -2.46. The molecule has 5 nitrogen and oxygen atoms in total. The minimum Gasteiger partial charge on any atom is -0.480 e. The highest BCUT2D eigenvalue weighted by Gasteiger charge is 2.24. The lowest BCUT2D eigenvalue weighted by Gasteiger charge is -2.21. The number of hydrogen-bond acceptors (Lipinski definition) is 3. The van der Waals surface area contributed by atoms with E-state index in [1.165, 1.54) is 0 Å². The average Bonchev–Trinajstić information content (AvgIpc) is 3.07. The van der Waals surface area contributed by atoms with Crippen LogP contribution in [0, 0.1) is 11.8 Å². The maximum Gasteiger partial charge on any atom is 0.321 e. The van der Waals surface area contributed by atoms with Crippen LogP contribution in [0.1, 0.15) is 18.1 Å². The molecular weight excluding hydrogens is 340 g/mol. The first-order valence-electron chi connectivity index (χ1n) is 8.76. The van der Waals surface area contributed by atoms with Gasteiger partial charge in [0.2, 0.25) is 0 Å². The van der Waals surface area contributed by atoms with Crippen molar-refractivity contribution in [2.45, 2.75) is 25.0 Å². The maximum absolute atomic E-state index is 11.7. The molecule has 2 aromatic carbocycles. The number of aromatic amines is 1. The van der Waals surface area contributed by atoms with Gasteiger partial charge in [-0.25, -0.2) is 0 Å². The first kappa shape index (κ1) is 18.7. The van der Waals surface area contributed by atoms with E-state index in [2.05, 4.69) is 22.1 Å². The molecule has 138 valence electrons. The van der Waals surface area contributed by atoms with E-state index < -0.39 is 17.6 Å². The van der Waals surface area contributed by atoms with Gasteiger partial charge in [0.05, 0.1) is 0 Å². The van der Waals surface area contributed by atoms with Crippen LogP contribution in [0.3, 0.4) is 0 Å². The molecular formula is C22H22N2O3. The lowest BCUT2D eigenvalue weighted by molar-refractivity contribution is -0.139. The van der Waals surface area contributed by atoms with Crippen LogP contribution in [0.5, 0.6) is 0 Å². The van der Waals surface area contributed by atoms with Crippen molar-refractivity contribution < 1.29 is 15.0 Å². The molecule has 0 aliphatic carbocycles. The molecule has 3 rings (SSSR count). The fourth-order valence-corrected chi connectivity index (χ4v) is 2.86. The van der Waals surface area contributed by atoms with Gasteiger partial charge in [-0.3, -0.25) is 4.79 Å². The molecule has 4 N–H and O–H groups in total. The molecule has 1 aromatic heterocycles. The first-order chi connectivity index (χ1) is 12.9. The average molecular weight is 362 g/mol. The Kier molecular flexibility index (Phi) is 5.60. The Labute approximate surface area is 158 Å². The number of fused-ring (bicyclic) bond motifs is 1.